The van der Waals surface area contributed by atoms with Crippen LogP contribution in [0.15, 0.2) is 12.1 Å². The van der Waals surface area contributed by atoms with Gasteiger partial charge in [0, 0.05) is 0 Å². The van der Waals surface area contributed by atoms with Gasteiger partial charge >= 0.3 is 12.7 Å². The van der Waals surface area contributed by atoms with Gasteiger partial charge in [-0.3, -0.25) is 0 Å². The van der Waals surface area contributed by atoms with E-state index in [9.17, 15) is 14.8 Å². The van der Waals surface area contributed by atoms with Gasteiger partial charge in [-0.1, -0.05) is 12.4 Å². The summed E-state index contributed by atoms with van der Waals surface area (Å²) in [6, 6.07) is 3.20. The maximum Gasteiger partial charge on any atom is 0.431 e. The van der Waals surface area contributed by atoms with E-state index < -0.39 is 12.7 Å². The highest BCUT2D eigenvalue weighted by molar-refractivity contribution is 6.59. The van der Waals surface area contributed by atoms with Crippen molar-refractivity contribution in [3.05, 3.63) is 23.3 Å². The van der Waals surface area contributed by atoms with Crippen LogP contribution in [-0.2, 0) is 4.84 Å². The van der Waals surface area contributed by atoms with Crippen LogP contribution in [0.4, 0.5) is 0 Å². The summed E-state index contributed by atoms with van der Waals surface area (Å²) in [5.74, 6) is 3.77. The van der Waals surface area contributed by atoms with E-state index in [-0.39, 0.29) is 35.8 Å². The van der Waals surface area contributed by atoms with Crippen molar-refractivity contribution < 1.29 is 29.1 Å². The number of hydrogen-bond acceptors (Lipinski definition) is 8. The van der Waals surface area contributed by atoms with Crippen molar-refractivity contribution in [2.24, 2.45) is 11.6 Å². The molecule has 1 aromatic rings. The maximum absolute atomic E-state index is 11.8. The molecule has 9 heteroatoms. The number of rotatable bonds is 3. The molecule has 0 saturated carbocycles. The Morgan fingerprint density at radius 1 is 1.55 bits per heavy atom. The lowest BCUT2D eigenvalue weighted by Gasteiger charge is -2.41. The lowest BCUT2D eigenvalue weighted by molar-refractivity contribution is 0.0495. The molecule has 1 aromatic carbocycles. The largest absolute Gasteiger partial charge is 0.669 e. The van der Waals surface area contributed by atoms with E-state index in [2.05, 4.69) is 4.84 Å². The molecule has 1 unspecified atom stereocenters. The van der Waals surface area contributed by atoms with Gasteiger partial charge in [-0.15, -0.1) is 0 Å². The monoisotopic (exact) mass is 283 g/mol. The highest BCUT2D eigenvalue weighted by atomic mass is 16.7. The second-order valence-corrected chi connectivity index (χ2v) is 4.61. The van der Waals surface area contributed by atoms with Crippen molar-refractivity contribution in [2.75, 3.05) is 13.7 Å². The molecule has 110 valence electrons. The molecule has 0 aliphatic carbocycles. The molecule has 0 aromatic heterocycles. The van der Waals surface area contributed by atoms with Gasteiger partial charge in [0.1, 0.15) is 11.3 Å². The lowest BCUT2D eigenvalue weighted by atomic mass is 9.65. The molecule has 2 rings (SSSR count). The molecule has 0 spiro atoms. The Balaban J connectivity index is 2.65. The van der Waals surface area contributed by atoms with Gasteiger partial charge < -0.3 is 30.0 Å². The molecular formula is C11H16BN2O6-. The zero-order chi connectivity index (χ0) is 14.9. The minimum atomic E-state index is -3.10. The van der Waals surface area contributed by atoms with Crippen molar-refractivity contribution in [2.45, 2.75) is 12.2 Å². The van der Waals surface area contributed by atoms with Crippen LogP contribution in [0.5, 0.6) is 11.5 Å². The first kappa shape index (κ1) is 14.6. The molecule has 0 fully saturated rings. The molecule has 8 nitrogen and oxygen atoms in total. The van der Waals surface area contributed by atoms with E-state index >= 15 is 0 Å². The third kappa shape index (κ3) is 2.43. The third-order valence-electron chi connectivity index (χ3n) is 3.30. The van der Waals surface area contributed by atoms with Crippen LogP contribution in [0.2, 0.25) is 6.32 Å². The maximum atomic E-state index is 11.8. The molecule has 1 aliphatic heterocycles. The first-order valence-electron chi connectivity index (χ1n) is 6.04. The SMILES string of the molecule is COc1ccc2c(c1C(=O)ON)O[B-](O)(O)CC2CN. The topological polar surface area (TPSA) is 137 Å². The molecule has 1 aliphatic rings. The van der Waals surface area contributed by atoms with Gasteiger partial charge in [0.2, 0.25) is 0 Å². The molecule has 1 heterocycles. The van der Waals surface area contributed by atoms with Gasteiger partial charge in [-0.05, 0) is 24.1 Å². The Labute approximate surface area is 115 Å². The van der Waals surface area contributed by atoms with Gasteiger partial charge in [-0.25, -0.2) is 4.79 Å². The quantitative estimate of drug-likeness (QED) is 0.413. The average Bonchev–Trinajstić information content (AvgIpc) is 2.43. The smallest absolute Gasteiger partial charge is 0.431 e. The molecule has 0 amide bonds. The summed E-state index contributed by atoms with van der Waals surface area (Å²) in [6.45, 7) is -2.93. The second kappa shape index (κ2) is 5.29. The first-order valence-corrected chi connectivity index (χ1v) is 6.04. The Kier molecular flexibility index (Phi) is 3.86. The van der Waals surface area contributed by atoms with Crippen LogP contribution < -0.4 is 21.0 Å². The van der Waals surface area contributed by atoms with Crippen molar-refractivity contribution in [1.29, 1.82) is 0 Å². The van der Waals surface area contributed by atoms with Crippen LogP contribution >= 0.6 is 0 Å². The minimum Gasteiger partial charge on any atom is -0.669 e. The zero-order valence-electron chi connectivity index (χ0n) is 10.9. The predicted molar refractivity (Wildman–Crippen MR) is 70.0 cm³/mol. The van der Waals surface area contributed by atoms with Crippen LogP contribution in [-0.4, -0.2) is 36.4 Å². The van der Waals surface area contributed by atoms with Crippen molar-refractivity contribution in [3.8, 4) is 11.5 Å². The summed E-state index contributed by atoms with van der Waals surface area (Å²) < 4.78 is 10.2. The Bertz CT molecular complexity index is 536. The second-order valence-electron chi connectivity index (χ2n) is 4.61. The van der Waals surface area contributed by atoms with E-state index in [1.165, 1.54) is 7.11 Å². The fourth-order valence-corrected chi connectivity index (χ4v) is 2.41. The zero-order valence-corrected chi connectivity index (χ0v) is 10.9. The van der Waals surface area contributed by atoms with E-state index in [0.717, 1.165) is 0 Å². The molecule has 20 heavy (non-hydrogen) atoms. The van der Waals surface area contributed by atoms with Gasteiger partial charge in [0.25, 0.3) is 0 Å². The summed E-state index contributed by atoms with van der Waals surface area (Å²) in [6.07, 6.45) is -0.0487. The van der Waals surface area contributed by atoms with Crippen LogP contribution in [0.3, 0.4) is 0 Å². The number of carbonyl (C=O) groups is 1. The number of ether oxygens (including phenoxy) is 1. The summed E-state index contributed by atoms with van der Waals surface area (Å²) in [5, 5.41) is 19.6. The van der Waals surface area contributed by atoms with Crippen LogP contribution in [0.1, 0.15) is 21.8 Å². The Hall–Kier alpha value is -1.81. The summed E-state index contributed by atoms with van der Waals surface area (Å²) >= 11 is 0. The van der Waals surface area contributed by atoms with Crippen LogP contribution in [0, 0.1) is 0 Å². The number of methoxy groups -OCH3 is 1. The van der Waals surface area contributed by atoms with Gasteiger partial charge in [0.05, 0.1) is 12.9 Å². The van der Waals surface area contributed by atoms with Crippen molar-refractivity contribution in [3.63, 3.8) is 0 Å². The normalized spacial score (nSPS) is 19.8. The standard InChI is InChI=1S/C11H16BN2O6/c1-18-8-3-2-7-6(5-13)4-12(16,17)19-10(7)9(8)11(15)20-14/h2-3,6,16-17H,4-5,13-14H2,1H3/q-1. The number of fused-ring (bicyclic) bond motifs is 1. The predicted octanol–water partition coefficient (Wildman–Crippen LogP) is -0.916. The van der Waals surface area contributed by atoms with E-state index in [0.29, 0.717) is 5.56 Å². The minimum absolute atomic E-state index is 0.0218. The van der Waals surface area contributed by atoms with E-state index in [1.54, 1.807) is 12.1 Å². The third-order valence-corrected chi connectivity index (χ3v) is 3.30. The Morgan fingerprint density at radius 3 is 2.80 bits per heavy atom. The molecule has 0 saturated heterocycles. The van der Waals surface area contributed by atoms with E-state index in [4.69, 9.17) is 21.0 Å². The van der Waals surface area contributed by atoms with Crippen molar-refractivity contribution in [1.82, 2.24) is 0 Å². The highest BCUT2D eigenvalue weighted by Gasteiger charge is 2.37. The molecule has 1 atom stereocenters. The fraction of sp³-hybridized carbons (Fsp3) is 0.364. The van der Waals surface area contributed by atoms with Crippen molar-refractivity contribution >= 4 is 12.7 Å². The summed E-state index contributed by atoms with van der Waals surface area (Å²) in [4.78, 5) is 16.0. The van der Waals surface area contributed by atoms with E-state index in [1.807, 2.05) is 0 Å². The fourth-order valence-electron chi connectivity index (χ4n) is 2.41. The summed E-state index contributed by atoms with van der Waals surface area (Å²) in [5.41, 5.74) is 6.11. The number of carbonyl (C=O) groups excluding carboxylic acids is 1. The number of hydrogen-bond donors (Lipinski definition) is 4. The lowest BCUT2D eigenvalue weighted by Crippen LogP contribution is -2.48. The first-order chi connectivity index (χ1) is 9.43. The highest BCUT2D eigenvalue weighted by Crippen LogP contribution is 2.43. The van der Waals surface area contributed by atoms with Gasteiger partial charge in [0.15, 0.2) is 0 Å². The average molecular weight is 283 g/mol. The molecule has 6 N–H and O–H groups in total. The summed E-state index contributed by atoms with van der Waals surface area (Å²) in [7, 11) is 1.36. The molecular weight excluding hydrogens is 267 g/mol. The Morgan fingerprint density at radius 2 is 2.25 bits per heavy atom. The molecule has 0 radical (unpaired) electrons. The number of nitrogens with two attached hydrogens (primary N) is 2. The van der Waals surface area contributed by atoms with Crippen LogP contribution in [0.25, 0.3) is 0 Å². The molecule has 0 bridgehead atoms. The number of benzene rings is 1. The van der Waals surface area contributed by atoms with Gasteiger partial charge in [-0.2, -0.15) is 5.90 Å².